The van der Waals surface area contributed by atoms with Crippen LogP contribution in [0.4, 0.5) is 5.69 Å². The number of hydrogen-bond donors (Lipinski definition) is 2. The Hall–Kier alpha value is -3.23. The average Bonchev–Trinajstić information content (AvgIpc) is 3.07. The molecule has 0 radical (unpaired) electrons. The molecule has 2 amide bonds. The van der Waals surface area contributed by atoms with Crippen molar-refractivity contribution in [3.63, 3.8) is 0 Å². The summed E-state index contributed by atoms with van der Waals surface area (Å²) < 4.78 is 5.79. The standard InChI is InChI=1S/C21H17ClN2O5S/c1-12(25)24-14-8-6-13(7-9-14)16(26)11-29-18(27)10-23-21(28)20-19(22)15-4-2-3-5-17(15)30-20/h2-9H,10-11H2,1H3,(H,23,28)(H,24,25). The Labute approximate surface area is 181 Å². The molecule has 3 aromatic rings. The topological polar surface area (TPSA) is 102 Å². The van der Waals surface area contributed by atoms with E-state index < -0.39 is 30.8 Å². The van der Waals surface area contributed by atoms with Crippen molar-refractivity contribution >= 4 is 62.3 Å². The average molecular weight is 445 g/mol. The fourth-order valence-corrected chi connectivity index (χ4v) is 4.05. The number of carbonyl (C=O) groups is 4. The van der Waals surface area contributed by atoms with E-state index in [9.17, 15) is 19.2 Å². The maximum atomic E-state index is 12.3. The number of halogens is 1. The molecule has 0 saturated carbocycles. The van der Waals surface area contributed by atoms with Crippen LogP contribution in [-0.2, 0) is 14.3 Å². The number of ether oxygens (including phenoxy) is 1. The first kappa shape index (κ1) is 21.5. The van der Waals surface area contributed by atoms with Crippen molar-refractivity contribution in [3.8, 4) is 0 Å². The van der Waals surface area contributed by atoms with Crippen LogP contribution in [0, 0.1) is 0 Å². The number of carbonyl (C=O) groups excluding carboxylic acids is 4. The summed E-state index contributed by atoms with van der Waals surface area (Å²) >= 11 is 7.47. The summed E-state index contributed by atoms with van der Waals surface area (Å²) in [6.45, 7) is 0.530. The molecule has 0 atom stereocenters. The highest BCUT2D eigenvalue weighted by Gasteiger charge is 2.18. The molecule has 1 heterocycles. The van der Waals surface area contributed by atoms with Gasteiger partial charge in [0.25, 0.3) is 5.91 Å². The molecular weight excluding hydrogens is 428 g/mol. The van der Waals surface area contributed by atoms with Crippen LogP contribution in [0.2, 0.25) is 5.02 Å². The number of hydrogen-bond acceptors (Lipinski definition) is 6. The first-order valence-corrected chi connectivity index (χ1v) is 10.1. The summed E-state index contributed by atoms with van der Waals surface area (Å²) in [7, 11) is 0. The zero-order valence-electron chi connectivity index (χ0n) is 15.9. The maximum absolute atomic E-state index is 12.3. The molecule has 0 unspecified atom stereocenters. The van der Waals surface area contributed by atoms with Gasteiger partial charge in [-0.2, -0.15) is 0 Å². The zero-order valence-corrected chi connectivity index (χ0v) is 17.4. The Bertz CT molecular complexity index is 1120. The van der Waals surface area contributed by atoms with E-state index in [2.05, 4.69) is 10.6 Å². The van der Waals surface area contributed by atoms with Gasteiger partial charge in [0.1, 0.15) is 11.4 Å². The summed E-state index contributed by atoms with van der Waals surface area (Å²) in [6, 6.07) is 13.5. The van der Waals surface area contributed by atoms with Gasteiger partial charge in [-0.15, -0.1) is 11.3 Å². The molecule has 0 bridgehead atoms. The number of amides is 2. The lowest BCUT2D eigenvalue weighted by atomic mass is 10.1. The highest BCUT2D eigenvalue weighted by atomic mass is 35.5. The molecule has 0 aliphatic heterocycles. The summed E-state index contributed by atoms with van der Waals surface area (Å²) in [5.74, 6) is -1.86. The van der Waals surface area contributed by atoms with Crippen LogP contribution in [0.3, 0.4) is 0 Å². The van der Waals surface area contributed by atoms with Gasteiger partial charge in [0.05, 0.1) is 5.02 Å². The van der Waals surface area contributed by atoms with Gasteiger partial charge in [-0.1, -0.05) is 29.8 Å². The number of esters is 1. The minimum Gasteiger partial charge on any atom is -0.456 e. The molecule has 2 N–H and O–H groups in total. The van der Waals surface area contributed by atoms with Crippen LogP contribution in [0.15, 0.2) is 48.5 Å². The second-order valence-electron chi connectivity index (χ2n) is 6.27. The monoisotopic (exact) mass is 444 g/mol. The summed E-state index contributed by atoms with van der Waals surface area (Å²) in [6.07, 6.45) is 0. The summed E-state index contributed by atoms with van der Waals surface area (Å²) in [5, 5.41) is 6.14. The number of anilines is 1. The second kappa shape index (κ2) is 9.51. The molecule has 0 aliphatic carbocycles. The molecule has 0 spiro atoms. The van der Waals surface area contributed by atoms with E-state index in [0.717, 1.165) is 10.1 Å². The lowest BCUT2D eigenvalue weighted by Crippen LogP contribution is -2.31. The van der Waals surface area contributed by atoms with E-state index in [0.29, 0.717) is 21.2 Å². The first-order valence-electron chi connectivity index (χ1n) is 8.87. The fraction of sp³-hybridized carbons (Fsp3) is 0.143. The molecular formula is C21H17ClN2O5S. The van der Waals surface area contributed by atoms with E-state index in [4.69, 9.17) is 16.3 Å². The third kappa shape index (κ3) is 5.22. The predicted octanol–water partition coefficient (Wildman–Crippen LogP) is 3.67. The van der Waals surface area contributed by atoms with Crippen molar-refractivity contribution in [3.05, 3.63) is 64.0 Å². The van der Waals surface area contributed by atoms with Gasteiger partial charge < -0.3 is 15.4 Å². The molecule has 1 aromatic heterocycles. The molecule has 7 nitrogen and oxygen atoms in total. The zero-order chi connectivity index (χ0) is 21.7. The molecule has 9 heteroatoms. The van der Waals surface area contributed by atoms with Crippen LogP contribution < -0.4 is 10.6 Å². The molecule has 0 aliphatic rings. The quantitative estimate of drug-likeness (QED) is 0.427. The molecule has 30 heavy (non-hydrogen) atoms. The van der Waals surface area contributed by atoms with E-state index in [1.165, 1.54) is 30.4 Å². The molecule has 154 valence electrons. The summed E-state index contributed by atoms with van der Waals surface area (Å²) in [4.78, 5) is 47.6. The van der Waals surface area contributed by atoms with E-state index in [-0.39, 0.29) is 5.91 Å². The first-order chi connectivity index (χ1) is 14.3. The molecule has 3 rings (SSSR count). The molecule has 0 saturated heterocycles. The number of benzene rings is 2. The van der Waals surface area contributed by atoms with Gasteiger partial charge in [-0.3, -0.25) is 19.2 Å². The normalized spacial score (nSPS) is 10.5. The number of rotatable bonds is 7. The van der Waals surface area contributed by atoms with Crippen molar-refractivity contribution in [1.82, 2.24) is 5.32 Å². The fourth-order valence-electron chi connectivity index (χ4n) is 2.62. The van der Waals surface area contributed by atoms with E-state index >= 15 is 0 Å². The second-order valence-corrected chi connectivity index (χ2v) is 7.70. The highest BCUT2D eigenvalue weighted by Crippen LogP contribution is 2.34. The van der Waals surface area contributed by atoms with Crippen molar-refractivity contribution < 1.29 is 23.9 Å². The molecule has 0 fully saturated rings. The SMILES string of the molecule is CC(=O)Nc1ccc(C(=O)COC(=O)CNC(=O)c2sc3ccccc3c2Cl)cc1. The Morgan fingerprint density at radius 1 is 1.03 bits per heavy atom. The Morgan fingerprint density at radius 2 is 1.73 bits per heavy atom. The number of nitrogens with one attached hydrogen (secondary N) is 2. The Kier molecular flexibility index (Phi) is 6.81. The Morgan fingerprint density at radius 3 is 2.40 bits per heavy atom. The van der Waals surface area contributed by atoms with Gasteiger partial charge in [0.2, 0.25) is 5.91 Å². The van der Waals surface area contributed by atoms with Crippen LogP contribution in [-0.4, -0.2) is 36.7 Å². The lowest BCUT2D eigenvalue weighted by molar-refractivity contribution is -0.141. The largest absolute Gasteiger partial charge is 0.456 e. The van der Waals surface area contributed by atoms with Gasteiger partial charge in [-0.25, -0.2) is 0 Å². The molecule has 2 aromatic carbocycles. The number of Topliss-reactive ketones (excluding diaryl/α,β-unsaturated/α-hetero) is 1. The van der Waals surface area contributed by atoms with Crippen LogP contribution in [0.25, 0.3) is 10.1 Å². The van der Waals surface area contributed by atoms with Crippen LogP contribution >= 0.6 is 22.9 Å². The van der Waals surface area contributed by atoms with Gasteiger partial charge in [0.15, 0.2) is 12.4 Å². The van der Waals surface area contributed by atoms with Crippen LogP contribution in [0.1, 0.15) is 27.0 Å². The third-order valence-electron chi connectivity index (χ3n) is 4.03. The Balaban J connectivity index is 1.49. The van der Waals surface area contributed by atoms with Crippen molar-refractivity contribution in [1.29, 1.82) is 0 Å². The number of thiophene rings is 1. The third-order valence-corrected chi connectivity index (χ3v) is 5.70. The number of fused-ring (bicyclic) bond motifs is 1. The van der Waals surface area contributed by atoms with Crippen molar-refractivity contribution in [2.45, 2.75) is 6.92 Å². The predicted molar refractivity (Wildman–Crippen MR) is 115 cm³/mol. The maximum Gasteiger partial charge on any atom is 0.325 e. The van der Waals surface area contributed by atoms with Gasteiger partial charge >= 0.3 is 5.97 Å². The van der Waals surface area contributed by atoms with Crippen molar-refractivity contribution in [2.24, 2.45) is 0 Å². The van der Waals surface area contributed by atoms with E-state index in [1.807, 2.05) is 24.3 Å². The smallest absolute Gasteiger partial charge is 0.325 e. The minimum atomic E-state index is -0.746. The van der Waals surface area contributed by atoms with Crippen molar-refractivity contribution in [2.75, 3.05) is 18.5 Å². The van der Waals surface area contributed by atoms with Gasteiger partial charge in [0, 0.05) is 28.3 Å². The number of ketones is 1. The minimum absolute atomic E-state index is 0.220. The van der Waals surface area contributed by atoms with Gasteiger partial charge in [-0.05, 0) is 30.3 Å². The highest BCUT2D eigenvalue weighted by molar-refractivity contribution is 7.21. The van der Waals surface area contributed by atoms with E-state index in [1.54, 1.807) is 12.1 Å². The lowest BCUT2D eigenvalue weighted by Gasteiger charge is -2.07. The van der Waals surface area contributed by atoms with Crippen LogP contribution in [0.5, 0.6) is 0 Å². The summed E-state index contributed by atoms with van der Waals surface area (Å²) in [5.41, 5.74) is 0.886.